The van der Waals surface area contributed by atoms with E-state index >= 15 is 4.39 Å². The van der Waals surface area contributed by atoms with Crippen LogP contribution in [0.3, 0.4) is 0 Å². The third-order valence-electron chi connectivity index (χ3n) is 3.62. The fraction of sp³-hybridized carbons (Fsp3) is 0.294. The summed E-state index contributed by atoms with van der Waals surface area (Å²) in [6.45, 7) is 1.80. The molecule has 0 unspecified atom stereocenters. The molecule has 4 nitrogen and oxygen atoms in total. The molecule has 2 rings (SSSR count). The summed E-state index contributed by atoms with van der Waals surface area (Å²) in [5.74, 6) is -1.34. The topological polar surface area (TPSA) is 62.2 Å². The van der Waals surface area contributed by atoms with Gasteiger partial charge in [-0.25, -0.2) is 9.37 Å². The molecule has 1 heterocycles. The molecule has 7 heteroatoms. The zero-order valence-corrected chi connectivity index (χ0v) is 14.5. The van der Waals surface area contributed by atoms with Crippen LogP contribution in [-0.2, 0) is 17.0 Å². The number of nitrogens with zero attached hydrogens (tertiary/aromatic N) is 1. The Morgan fingerprint density at radius 1 is 1.38 bits per heavy atom. The number of aromatic nitrogens is 1. The van der Waals surface area contributed by atoms with Gasteiger partial charge < -0.3 is 10.4 Å². The molecule has 2 aromatic rings. The van der Waals surface area contributed by atoms with Gasteiger partial charge in [-0.2, -0.15) is 0 Å². The van der Waals surface area contributed by atoms with Gasteiger partial charge in [-0.1, -0.05) is 42.6 Å². The molecule has 0 saturated heterocycles. The Kier molecular flexibility index (Phi) is 6.02. The number of aromatic hydroxyl groups is 1. The van der Waals surface area contributed by atoms with Crippen LogP contribution in [0.1, 0.15) is 30.9 Å². The molecule has 1 atom stereocenters. The lowest BCUT2D eigenvalue weighted by molar-refractivity contribution is -0.134. The third kappa shape index (κ3) is 3.97. The molecular weight excluding hydrogens is 354 g/mol. The highest BCUT2D eigenvalue weighted by atomic mass is 35.5. The summed E-state index contributed by atoms with van der Waals surface area (Å²) in [6.07, 6.45) is 1.67. The van der Waals surface area contributed by atoms with Crippen molar-refractivity contribution in [2.24, 2.45) is 0 Å². The first-order valence-corrected chi connectivity index (χ1v) is 8.19. The van der Waals surface area contributed by atoms with Gasteiger partial charge in [-0.15, -0.1) is 0 Å². The molecule has 0 fully saturated rings. The normalized spacial score (nSPS) is 13.3. The smallest absolute Gasteiger partial charge is 0.262 e. The lowest BCUT2D eigenvalue weighted by atomic mass is 9.90. The zero-order chi connectivity index (χ0) is 17.7. The number of amides is 1. The molecule has 0 saturated carbocycles. The van der Waals surface area contributed by atoms with Gasteiger partial charge >= 0.3 is 0 Å². The summed E-state index contributed by atoms with van der Waals surface area (Å²) in [6, 6.07) is 7.67. The van der Waals surface area contributed by atoms with Crippen molar-refractivity contribution in [2.45, 2.75) is 32.0 Å². The highest BCUT2D eigenvalue weighted by Gasteiger charge is 2.42. The van der Waals surface area contributed by atoms with Crippen LogP contribution in [0.4, 0.5) is 4.39 Å². The Labute approximate surface area is 149 Å². The second kappa shape index (κ2) is 7.81. The van der Waals surface area contributed by atoms with E-state index in [4.69, 9.17) is 23.2 Å². The fourth-order valence-corrected chi connectivity index (χ4v) is 2.88. The molecular formula is C17H17Cl2FN2O2. The number of benzene rings is 1. The van der Waals surface area contributed by atoms with Gasteiger partial charge in [0.25, 0.3) is 5.91 Å². The van der Waals surface area contributed by atoms with E-state index in [0.29, 0.717) is 22.0 Å². The Bertz CT molecular complexity index is 742. The molecule has 0 spiro atoms. The van der Waals surface area contributed by atoms with E-state index in [1.165, 1.54) is 18.3 Å². The highest BCUT2D eigenvalue weighted by molar-refractivity contribution is 6.35. The first-order valence-electron chi connectivity index (χ1n) is 7.44. The van der Waals surface area contributed by atoms with Crippen LogP contribution < -0.4 is 5.32 Å². The lowest BCUT2D eigenvalue weighted by Crippen LogP contribution is -2.41. The average Bonchev–Trinajstić information content (AvgIpc) is 2.54. The molecule has 24 heavy (non-hydrogen) atoms. The molecule has 0 radical (unpaired) electrons. The largest absolute Gasteiger partial charge is 0.493 e. The van der Waals surface area contributed by atoms with Gasteiger partial charge in [0, 0.05) is 22.8 Å². The standard InChI is InChI=1S/C17H17Cl2FN2O2/c1-2-7-17(20,13-4-3-8-21-15(13)23)16(24)22-10-11-5-6-12(18)9-14(11)19/h3-6,8-9H,2,7,10H2,1H3,(H,21,23)(H,22,24)/t17-/m0/s1. The SMILES string of the molecule is CCC[C@@](F)(C(=O)NCc1ccc(Cl)cc1Cl)c1cccnc1O. The van der Waals surface area contributed by atoms with Gasteiger partial charge in [0.2, 0.25) is 11.5 Å². The molecule has 1 aromatic carbocycles. The van der Waals surface area contributed by atoms with E-state index < -0.39 is 17.5 Å². The molecule has 0 aliphatic carbocycles. The van der Waals surface area contributed by atoms with Gasteiger partial charge in [0.15, 0.2) is 0 Å². The van der Waals surface area contributed by atoms with E-state index in [2.05, 4.69) is 10.3 Å². The molecule has 1 aromatic heterocycles. The van der Waals surface area contributed by atoms with E-state index in [-0.39, 0.29) is 18.5 Å². The van der Waals surface area contributed by atoms with Gasteiger partial charge in [0.05, 0.1) is 5.56 Å². The van der Waals surface area contributed by atoms with Crippen molar-refractivity contribution in [3.8, 4) is 5.88 Å². The predicted molar refractivity (Wildman–Crippen MR) is 91.9 cm³/mol. The second-order valence-corrected chi connectivity index (χ2v) is 6.19. The van der Waals surface area contributed by atoms with Crippen LogP contribution in [0, 0.1) is 0 Å². The van der Waals surface area contributed by atoms with Crippen LogP contribution in [0.5, 0.6) is 5.88 Å². The van der Waals surface area contributed by atoms with Crippen molar-refractivity contribution >= 4 is 29.1 Å². The Hall–Kier alpha value is -1.85. The third-order valence-corrected chi connectivity index (χ3v) is 4.21. The first kappa shape index (κ1) is 18.5. The number of hydrogen-bond donors (Lipinski definition) is 2. The number of pyridine rings is 1. The van der Waals surface area contributed by atoms with E-state index in [0.717, 1.165) is 0 Å². The number of carbonyl (C=O) groups excluding carboxylic acids is 1. The Morgan fingerprint density at radius 3 is 2.75 bits per heavy atom. The average molecular weight is 371 g/mol. The molecule has 0 aliphatic rings. The predicted octanol–water partition coefficient (Wildman–Crippen LogP) is 4.38. The Morgan fingerprint density at radius 2 is 2.12 bits per heavy atom. The van der Waals surface area contributed by atoms with Gasteiger partial charge in [-0.3, -0.25) is 4.79 Å². The molecule has 0 bridgehead atoms. The van der Waals surface area contributed by atoms with Crippen LogP contribution in [0.2, 0.25) is 10.0 Å². The minimum atomic E-state index is -2.37. The van der Waals surface area contributed by atoms with Crippen LogP contribution in [0.15, 0.2) is 36.5 Å². The number of alkyl halides is 1. The van der Waals surface area contributed by atoms with Crippen molar-refractivity contribution in [3.63, 3.8) is 0 Å². The van der Waals surface area contributed by atoms with Gasteiger partial charge in [-0.05, 0) is 36.2 Å². The van der Waals surface area contributed by atoms with E-state index in [1.54, 1.807) is 25.1 Å². The zero-order valence-electron chi connectivity index (χ0n) is 13.0. The quantitative estimate of drug-likeness (QED) is 0.793. The maximum absolute atomic E-state index is 15.4. The highest BCUT2D eigenvalue weighted by Crippen LogP contribution is 2.36. The molecule has 0 aliphatic heterocycles. The number of halogens is 3. The van der Waals surface area contributed by atoms with Crippen molar-refractivity contribution in [1.29, 1.82) is 0 Å². The minimum Gasteiger partial charge on any atom is -0.493 e. The summed E-state index contributed by atoms with van der Waals surface area (Å²) in [7, 11) is 0. The summed E-state index contributed by atoms with van der Waals surface area (Å²) in [5, 5.41) is 13.2. The fourth-order valence-electron chi connectivity index (χ4n) is 2.40. The number of nitrogens with one attached hydrogen (secondary N) is 1. The van der Waals surface area contributed by atoms with Crippen LogP contribution in [0.25, 0.3) is 0 Å². The molecule has 2 N–H and O–H groups in total. The summed E-state index contributed by atoms with van der Waals surface area (Å²) in [4.78, 5) is 16.1. The summed E-state index contributed by atoms with van der Waals surface area (Å²) < 4.78 is 15.4. The van der Waals surface area contributed by atoms with E-state index in [9.17, 15) is 9.90 Å². The van der Waals surface area contributed by atoms with Crippen LogP contribution >= 0.6 is 23.2 Å². The number of rotatable bonds is 6. The Balaban J connectivity index is 2.22. The second-order valence-electron chi connectivity index (χ2n) is 5.34. The van der Waals surface area contributed by atoms with Crippen molar-refractivity contribution in [2.75, 3.05) is 0 Å². The van der Waals surface area contributed by atoms with Gasteiger partial charge in [0.1, 0.15) is 0 Å². The number of carbonyl (C=O) groups is 1. The summed E-state index contributed by atoms with van der Waals surface area (Å²) >= 11 is 11.9. The van der Waals surface area contributed by atoms with Crippen molar-refractivity contribution in [3.05, 3.63) is 57.7 Å². The monoisotopic (exact) mass is 370 g/mol. The maximum atomic E-state index is 15.4. The van der Waals surface area contributed by atoms with E-state index in [1.807, 2.05) is 0 Å². The minimum absolute atomic E-state index is 0.0469. The molecule has 1 amide bonds. The van der Waals surface area contributed by atoms with Crippen molar-refractivity contribution in [1.82, 2.24) is 10.3 Å². The lowest BCUT2D eigenvalue weighted by Gasteiger charge is -2.24. The first-order chi connectivity index (χ1) is 11.4. The van der Waals surface area contributed by atoms with Crippen LogP contribution in [-0.4, -0.2) is 16.0 Å². The van der Waals surface area contributed by atoms with Crippen molar-refractivity contribution < 1.29 is 14.3 Å². The number of hydrogen-bond acceptors (Lipinski definition) is 3. The maximum Gasteiger partial charge on any atom is 0.262 e. The molecule has 128 valence electrons. The summed E-state index contributed by atoms with van der Waals surface area (Å²) in [5.41, 5.74) is -1.90.